The Morgan fingerprint density at radius 2 is 1.85 bits per heavy atom. The van der Waals surface area contributed by atoms with Crippen LogP contribution in [0.1, 0.15) is 5.69 Å². The Kier molecular flexibility index (Phi) is 3.74. The van der Waals surface area contributed by atoms with Crippen LogP contribution >= 0.6 is 0 Å². The summed E-state index contributed by atoms with van der Waals surface area (Å²) in [6, 6.07) is 3.96. The molecule has 0 aliphatic carbocycles. The normalized spacial score (nSPS) is 10.3. The lowest BCUT2D eigenvalue weighted by Crippen LogP contribution is -2.25. The van der Waals surface area contributed by atoms with Crippen LogP contribution in [0, 0.1) is 11.6 Å². The van der Waals surface area contributed by atoms with E-state index in [4.69, 9.17) is 0 Å². The molecule has 1 aromatic heterocycles. The number of H-pyrrole nitrogens is 2. The van der Waals surface area contributed by atoms with Gasteiger partial charge in [0.15, 0.2) is 11.6 Å². The smallest absolute Gasteiger partial charge is 0.325 e. The Morgan fingerprint density at radius 1 is 1.10 bits per heavy atom. The van der Waals surface area contributed by atoms with E-state index in [1.165, 1.54) is 6.07 Å². The molecule has 2 aromatic rings. The second-order valence-electron chi connectivity index (χ2n) is 3.97. The first-order valence-corrected chi connectivity index (χ1v) is 5.51. The Bertz CT molecular complexity index is 739. The van der Waals surface area contributed by atoms with Crippen LogP contribution in [-0.4, -0.2) is 15.9 Å². The van der Waals surface area contributed by atoms with Crippen molar-refractivity contribution in [3.8, 4) is 0 Å². The molecule has 0 aliphatic rings. The van der Waals surface area contributed by atoms with Crippen molar-refractivity contribution in [2.45, 2.75) is 6.42 Å². The van der Waals surface area contributed by atoms with E-state index < -0.39 is 28.8 Å². The third kappa shape index (κ3) is 3.37. The number of halogens is 2. The summed E-state index contributed by atoms with van der Waals surface area (Å²) >= 11 is 0. The molecule has 8 heteroatoms. The maximum absolute atomic E-state index is 12.9. The summed E-state index contributed by atoms with van der Waals surface area (Å²) in [6.07, 6.45) is -0.280. The second kappa shape index (κ2) is 5.47. The number of benzene rings is 1. The molecule has 0 fully saturated rings. The highest BCUT2D eigenvalue weighted by atomic mass is 19.2. The predicted octanol–water partition coefficient (Wildman–Crippen LogP) is 0.523. The number of anilines is 1. The zero-order valence-electron chi connectivity index (χ0n) is 10.00. The van der Waals surface area contributed by atoms with Crippen LogP contribution in [0.3, 0.4) is 0 Å². The van der Waals surface area contributed by atoms with Gasteiger partial charge in [-0.25, -0.2) is 13.6 Å². The van der Waals surface area contributed by atoms with Gasteiger partial charge in [-0.05, 0) is 12.1 Å². The molecule has 0 saturated carbocycles. The number of rotatable bonds is 3. The number of carbonyl (C=O) groups excluding carboxylic acids is 1. The van der Waals surface area contributed by atoms with Crippen molar-refractivity contribution < 1.29 is 13.6 Å². The molecule has 0 aliphatic heterocycles. The zero-order chi connectivity index (χ0) is 14.7. The quantitative estimate of drug-likeness (QED) is 0.765. The summed E-state index contributed by atoms with van der Waals surface area (Å²) in [5.74, 6) is -2.70. The zero-order valence-corrected chi connectivity index (χ0v) is 10.00. The average Bonchev–Trinajstić information content (AvgIpc) is 2.32. The van der Waals surface area contributed by atoms with E-state index in [9.17, 15) is 23.2 Å². The third-order valence-electron chi connectivity index (χ3n) is 2.37. The van der Waals surface area contributed by atoms with Crippen LogP contribution in [0.25, 0.3) is 0 Å². The van der Waals surface area contributed by atoms with Gasteiger partial charge in [-0.1, -0.05) is 0 Å². The van der Waals surface area contributed by atoms with Crippen LogP contribution in [0.4, 0.5) is 14.5 Å². The maximum atomic E-state index is 12.9. The van der Waals surface area contributed by atoms with Gasteiger partial charge in [0.25, 0.3) is 5.56 Å². The van der Waals surface area contributed by atoms with Gasteiger partial charge in [-0.15, -0.1) is 0 Å². The van der Waals surface area contributed by atoms with E-state index in [0.29, 0.717) is 0 Å². The standard InChI is InChI=1S/C12H9F2N3O3/c13-8-2-1-6(3-9(8)14)15-10(18)4-7-5-11(19)17-12(20)16-7/h1-3,5H,4H2,(H,15,18)(H2,16,17,19,20). The van der Waals surface area contributed by atoms with E-state index >= 15 is 0 Å². The predicted molar refractivity (Wildman–Crippen MR) is 66.4 cm³/mol. The number of aromatic nitrogens is 2. The molecule has 0 unspecified atom stereocenters. The lowest BCUT2D eigenvalue weighted by molar-refractivity contribution is -0.115. The first-order chi connectivity index (χ1) is 9.44. The molecule has 0 saturated heterocycles. The van der Waals surface area contributed by atoms with Crippen LogP contribution in [0.2, 0.25) is 0 Å². The fourth-order valence-corrected chi connectivity index (χ4v) is 1.57. The summed E-state index contributed by atoms with van der Waals surface area (Å²) in [6.45, 7) is 0. The van der Waals surface area contributed by atoms with E-state index in [1.807, 2.05) is 4.98 Å². The summed E-state index contributed by atoms with van der Waals surface area (Å²) < 4.78 is 25.6. The van der Waals surface area contributed by atoms with E-state index in [2.05, 4.69) is 10.3 Å². The minimum atomic E-state index is -1.09. The molecular formula is C12H9F2N3O3. The molecule has 6 nitrogen and oxygen atoms in total. The van der Waals surface area contributed by atoms with E-state index in [0.717, 1.165) is 18.2 Å². The molecule has 1 aromatic carbocycles. The maximum Gasteiger partial charge on any atom is 0.325 e. The molecule has 0 atom stereocenters. The molecule has 20 heavy (non-hydrogen) atoms. The topological polar surface area (TPSA) is 94.8 Å². The van der Waals surface area contributed by atoms with Crippen molar-refractivity contribution in [1.82, 2.24) is 9.97 Å². The lowest BCUT2D eigenvalue weighted by Gasteiger charge is -2.05. The van der Waals surface area contributed by atoms with Crippen molar-refractivity contribution in [3.05, 3.63) is 62.4 Å². The van der Waals surface area contributed by atoms with E-state index in [1.54, 1.807) is 0 Å². The summed E-state index contributed by atoms with van der Waals surface area (Å²) in [5, 5.41) is 2.32. The van der Waals surface area contributed by atoms with Crippen molar-refractivity contribution in [2.75, 3.05) is 5.32 Å². The van der Waals surface area contributed by atoms with Crippen molar-refractivity contribution >= 4 is 11.6 Å². The van der Waals surface area contributed by atoms with Gasteiger partial charge in [0.05, 0.1) is 6.42 Å². The molecular weight excluding hydrogens is 272 g/mol. The van der Waals surface area contributed by atoms with Crippen LogP contribution in [0.5, 0.6) is 0 Å². The van der Waals surface area contributed by atoms with Crippen molar-refractivity contribution in [1.29, 1.82) is 0 Å². The van der Waals surface area contributed by atoms with Crippen LogP contribution in [0.15, 0.2) is 33.9 Å². The van der Waals surface area contributed by atoms with Gasteiger partial charge in [-0.2, -0.15) is 0 Å². The first kappa shape index (κ1) is 13.7. The summed E-state index contributed by atoms with van der Waals surface area (Å²) in [4.78, 5) is 37.9. The molecule has 0 radical (unpaired) electrons. The molecule has 2 rings (SSSR count). The number of carbonyl (C=O) groups is 1. The van der Waals surface area contributed by atoms with Gasteiger partial charge in [0, 0.05) is 23.5 Å². The van der Waals surface area contributed by atoms with Crippen molar-refractivity contribution in [3.63, 3.8) is 0 Å². The summed E-state index contributed by atoms with van der Waals surface area (Å²) in [7, 11) is 0. The van der Waals surface area contributed by atoms with Crippen LogP contribution in [-0.2, 0) is 11.2 Å². The van der Waals surface area contributed by atoms with Gasteiger partial charge in [0.1, 0.15) is 0 Å². The monoisotopic (exact) mass is 281 g/mol. The fourth-order valence-electron chi connectivity index (χ4n) is 1.57. The number of hydrogen-bond acceptors (Lipinski definition) is 3. The Balaban J connectivity index is 2.10. The molecule has 104 valence electrons. The SMILES string of the molecule is O=C(Cc1cc(=O)[nH]c(=O)[nH]1)Nc1ccc(F)c(F)c1. The number of aromatic amines is 2. The molecule has 1 heterocycles. The summed E-state index contributed by atoms with van der Waals surface area (Å²) in [5.41, 5.74) is -1.18. The number of hydrogen-bond donors (Lipinski definition) is 3. The Morgan fingerprint density at radius 3 is 2.50 bits per heavy atom. The van der Waals surface area contributed by atoms with Gasteiger partial charge < -0.3 is 10.3 Å². The van der Waals surface area contributed by atoms with Crippen LogP contribution < -0.4 is 16.6 Å². The van der Waals surface area contributed by atoms with Crippen molar-refractivity contribution in [2.24, 2.45) is 0 Å². The second-order valence-corrected chi connectivity index (χ2v) is 3.97. The minimum Gasteiger partial charge on any atom is -0.326 e. The number of nitrogens with one attached hydrogen (secondary N) is 3. The minimum absolute atomic E-state index is 0.0705. The molecule has 3 N–H and O–H groups in total. The largest absolute Gasteiger partial charge is 0.326 e. The average molecular weight is 281 g/mol. The lowest BCUT2D eigenvalue weighted by atomic mass is 10.2. The van der Waals surface area contributed by atoms with Gasteiger partial charge in [0.2, 0.25) is 5.91 Å². The Hall–Kier alpha value is -2.77. The third-order valence-corrected chi connectivity index (χ3v) is 2.37. The fraction of sp³-hybridized carbons (Fsp3) is 0.0833. The molecule has 0 bridgehead atoms. The molecule has 1 amide bonds. The highest BCUT2D eigenvalue weighted by molar-refractivity contribution is 5.91. The first-order valence-electron chi connectivity index (χ1n) is 5.51. The number of amides is 1. The highest BCUT2D eigenvalue weighted by Crippen LogP contribution is 2.13. The molecule has 0 spiro atoms. The van der Waals surface area contributed by atoms with Gasteiger partial charge in [-0.3, -0.25) is 14.6 Å². The van der Waals surface area contributed by atoms with E-state index in [-0.39, 0.29) is 17.8 Å². The van der Waals surface area contributed by atoms with Gasteiger partial charge >= 0.3 is 5.69 Å². The Labute approximate surface area is 110 Å². The highest BCUT2D eigenvalue weighted by Gasteiger charge is 2.08.